The van der Waals surface area contributed by atoms with Gasteiger partial charge in [0, 0.05) is 36.0 Å². The van der Waals surface area contributed by atoms with Crippen LogP contribution in [0.15, 0.2) is 58.3 Å². The minimum absolute atomic E-state index is 0.748. The number of thiocarbonyl (C=S) groups is 2. The first-order chi connectivity index (χ1) is 16.2. The molecule has 0 saturated carbocycles. The fourth-order valence-electron chi connectivity index (χ4n) is 3.03. The highest BCUT2D eigenvalue weighted by molar-refractivity contribution is 8.84. The van der Waals surface area contributed by atoms with E-state index in [9.17, 15) is 0 Å². The Morgan fingerprint density at radius 2 is 1.00 bits per heavy atom. The Morgan fingerprint density at radius 3 is 1.36 bits per heavy atom. The van der Waals surface area contributed by atoms with Gasteiger partial charge in [-0.15, -0.1) is 0 Å². The molecule has 2 fully saturated rings. The molecular weight excluding hydrogens is 533 g/mol. The van der Waals surface area contributed by atoms with Crippen molar-refractivity contribution in [3.05, 3.63) is 48.5 Å². The molecule has 0 aliphatic carbocycles. The molecule has 0 unspecified atom stereocenters. The van der Waals surface area contributed by atoms with Gasteiger partial charge in [-0.1, -0.05) is 46.0 Å². The van der Waals surface area contributed by atoms with Crippen molar-refractivity contribution in [3.8, 4) is 11.5 Å². The standard InChI is InChI=1S/C22H24N2O3S6/c28-21(23-9-13-25-14-10-23)32-30-19-5-1-17(2-6-19)27-18-3-7-20(8-4-18)31-33-22(29)24-11-15-26-16-12-24/h1-8H,9-16H2. The monoisotopic (exact) mass is 556 g/mol. The van der Waals surface area contributed by atoms with E-state index in [0.29, 0.717) is 0 Å². The third-order valence-electron chi connectivity index (χ3n) is 4.84. The van der Waals surface area contributed by atoms with Crippen LogP contribution in [0, 0.1) is 0 Å². The quantitative estimate of drug-likeness (QED) is 0.302. The molecule has 0 atom stereocenters. The van der Waals surface area contributed by atoms with Crippen LogP contribution in [0.2, 0.25) is 0 Å². The summed E-state index contributed by atoms with van der Waals surface area (Å²) in [6.07, 6.45) is 0. The number of ether oxygens (including phenoxy) is 3. The fourth-order valence-corrected chi connectivity index (χ4v) is 7.71. The highest BCUT2D eigenvalue weighted by Crippen LogP contribution is 2.36. The summed E-state index contributed by atoms with van der Waals surface area (Å²) in [7, 11) is 6.57. The Labute approximate surface area is 221 Å². The fraction of sp³-hybridized carbons (Fsp3) is 0.364. The highest BCUT2D eigenvalue weighted by atomic mass is 33.1. The molecule has 33 heavy (non-hydrogen) atoms. The van der Waals surface area contributed by atoms with Gasteiger partial charge in [0.15, 0.2) is 0 Å². The Hall–Kier alpha value is -0.660. The lowest BCUT2D eigenvalue weighted by atomic mass is 10.3. The van der Waals surface area contributed by atoms with Crippen LogP contribution in [-0.2, 0) is 9.47 Å². The molecule has 2 aliphatic heterocycles. The molecule has 0 bridgehead atoms. The van der Waals surface area contributed by atoms with Crippen molar-refractivity contribution >= 4 is 76.3 Å². The molecule has 2 heterocycles. The first kappa shape index (κ1) is 25.4. The zero-order valence-electron chi connectivity index (χ0n) is 17.8. The molecule has 2 aliphatic rings. The van der Waals surface area contributed by atoms with E-state index < -0.39 is 0 Å². The number of hydrogen-bond donors (Lipinski definition) is 0. The van der Waals surface area contributed by atoms with Gasteiger partial charge in [-0.3, -0.25) is 0 Å². The lowest BCUT2D eigenvalue weighted by Crippen LogP contribution is -2.38. The van der Waals surface area contributed by atoms with E-state index in [0.717, 1.165) is 82.5 Å². The van der Waals surface area contributed by atoms with E-state index in [1.807, 2.05) is 24.3 Å². The minimum Gasteiger partial charge on any atom is -0.457 e. The summed E-state index contributed by atoms with van der Waals surface area (Å²) in [5.41, 5.74) is 0. The van der Waals surface area contributed by atoms with Gasteiger partial charge in [0.05, 0.1) is 26.4 Å². The minimum atomic E-state index is 0.748. The SMILES string of the molecule is S=C(SSc1ccc(Oc2ccc(SSC(=S)N3CCOCC3)cc2)cc1)N1CCOCC1. The van der Waals surface area contributed by atoms with Crippen LogP contribution >= 0.6 is 67.6 Å². The van der Waals surface area contributed by atoms with E-state index in [2.05, 4.69) is 34.1 Å². The molecule has 176 valence electrons. The summed E-state index contributed by atoms with van der Waals surface area (Å²) in [6.45, 7) is 6.47. The van der Waals surface area contributed by atoms with Gasteiger partial charge in [0.25, 0.3) is 0 Å². The van der Waals surface area contributed by atoms with E-state index in [4.69, 9.17) is 38.6 Å². The van der Waals surface area contributed by atoms with Crippen molar-refractivity contribution in [3.63, 3.8) is 0 Å². The average molecular weight is 557 g/mol. The number of morpholine rings is 2. The second-order valence-corrected chi connectivity index (χ2v) is 12.8. The largest absolute Gasteiger partial charge is 0.457 e. The van der Waals surface area contributed by atoms with Crippen LogP contribution in [0.3, 0.4) is 0 Å². The molecular formula is C22H24N2O3S6. The smallest absolute Gasteiger partial charge is 0.147 e. The maximum absolute atomic E-state index is 6.00. The summed E-state index contributed by atoms with van der Waals surface area (Å²) in [4.78, 5) is 6.68. The van der Waals surface area contributed by atoms with Crippen molar-refractivity contribution in [1.29, 1.82) is 0 Å². The van der Waals surface area contributed by atoms with Gasteiger partial charge in [0.1, 0.15) is 20.1 Å². The molecule has 11 heteroatoms. The molecule has 0 radical (unpaired) electrons. The zero-order chi connectivity index (χ0) is 22.9. The summed E-state index contributed by atoms with van der Waals surface area (Å²) >= 11 is 11.1. The maximum Gasteiger partial charge on any atom is 0.147 e. The average Bonchev–Trinajstić information content (AvgIpc) is 2.88. The van der Waals surface area contributed by atoms with Gasteiger partial charge < -0.3 is 24.0 Å². The third-order valence-corrected chi connectivity index (χ3v) is 11.0. The van der Waals surface area contributed by atoms with Gasteiger partial charge in [-0.25, -0.2) is 0 Å². The predicted molar refractivity (Wildman–Crippen MR) is 150 cm³/mol. The van der Waals surface area contributed by atoms with Crippen LogP contribution < -0.4 is 4.74 Å². The van der Waals surface area contributed by atoms with Gasteiger partial charge in [0.2, 0.25) is 0 Å². The molecule has 0 spiro atoms. The van der Waals surface area contributed by atoms with Crippen molar-refractivity contribution in [2.45, 2.75) is 9.79 Å². The number of hydrogen-bond acceptors (Lipinski definition) is 9. The van der Waals surface area contributed by atoms with Gasteiger partial charge >= 0.3 is 0 Å². The van der Waals surface area contributed by atoms with E-state index in [-0.39, 0.29) is 0 Å². The zero-order valence-corrected chi connectivity index (χ0v) is 22.7. The van der Waals surface area contributed by atoms with Crippen LogP contribution in [0.4, 0.5) is 0 Å². The third kappa shape index (κ3) is 8.21. The molecule has 0 aromatic heterocycles. The van der Waals surface area contributed by atoms with Crippen molar-refractivity contribution in [2.75, 3.05) is 52.6 Å². The molecule has 4 rings (SSSR count). The van der Waals surface area contributed by atoms with Crippen molar-refractivity contribution in [1.82, 2.24) is 9.80 Å². The summed E-state index contributed by atoms with van der Waals surface area (Å²) in [5, 5.41) is 0. The molecule has 2 saturated heterocycles. The van der Waals surface area contributed by atoms with Crippen LogP contribution in [0.5, 0.6) is 11.5 Å². The lowest BCUT2D eigenvalue weighted by Gasteiger charge is -2.28. The first-order valence-electron chi connectivity index (χ1n) is 10.5. The van der Waals surface area contributed by atoms with Crippen LogP contribution in [-0.4, -0.2) is 71.0 Å². The number of benzene rings is 2. The molecule has 2 aromatic rings. The Bertz CT molecular complexity index is 841. The Morgan fingerprint density at radius 1 is 0.636 bits per heavy atom. The van der Waals surface area contributed by atoms with E-state index in [1.165, 1.54) is 0 Å². The molecule has 0 amide bonds. The molecule has 0 N–H and O–H groups in total. The second-order valence-electron chi connectivity index (χ2n) is 7.11. The summed E-state index contributed by atoms with van der Waals surface area (Å²) in [6, 6.07) is 16.2. The molecule has 2 aromatic carbocycles. The van der Waals surface area contributed by atoms with Crippen molar-refractivity contribution < 1.29 is 14.2 Å². The summed E-state index contributed by atoms with van der Waals surface area (Å²) < 4.78 is 18.6. The van der Waals surface area contributed by atoms with Crippen molar-refractivity contribution in [2.24, 2.45) is 0 Å². The Kier molecular flexibility index (Phi) is 10.4. The number of nitrogens with zero attached hydrogens (tertiary/aromatic N) is 2. The van der Waals surface area contributed by atoms with Crippen LogP contribution in [0.25, 0.3) is 0 Å². The van der Waals surface area contributed by atoms with E-state index in [1.54, 1.807) is 43.2 Å². The molecule has 5 nitrogen and oxygen atoms in total. The number of rotatable bonds is 6. The predicted octanol–water partition coefficient (Wildman–Crippen LogP) is 6.19. The Balaban J connectivity index is 1.21. The maximum atomic E-state index is 6.00. The topological polar surface area (TPSA) is 34.2 Å². The van der Waals surface area contributed by atoms with Gasteiger partial charge in [-0.2, -0.15) is 0 Å². The van der Waals surface area contributed by atoms with Gasteiger partial charge in [-0.05, 0) is 70.1 Å². The highest BCUT2D eigenvalue weighted by Gasteiger charge is 2.15. The lowest BCUT2D eigenvalue weighted by molar-refractivity contribution is 0.0702. The first-order valence-corrected chi connectivity index (χ1v) is 15.6. The van der Waals surface area contributed by atoms with Crippen LogP contribution in [0.1, 0.15) is 0 Å². The summed E-state index contributed by atoms with van der Waals surface area (Å²) in [5.74, 6) is 1.62. The second kappa shape index (κ2) is 13.4. The normalized spacial score (nSPS) is 16.5. The van der Waals surface area contributed by atoms with E-state index >= 15 is 0 Å².